The minimum atomic E-state index is -4.90. The molecule has 0 fully saturated rings. The van der Waals surface area contributed by atoms with Crippen LogP contribution in [0.4, 0.5) is 21.0 Å². The molecule has 0 spiro atoms. The number of rotatable bonds is 58. The molecule has 1 aliphatic heterocycles. The molecule has 0 radical (unpaired) electrons. The molecule has 36 nitrogen and oxygen atoms in total. The number of benzene rings is 6. The summed E-state index contributed by atoms with van der Waals surface area (Å²) in [6.45, 7) is 16.0. The van der Waals surface area contributed by atoms with E-state index >= 15 is 0 Å². The number of urea groups is 1. The van der Waals surface area contributed by atoms with E-state index in [1.165, 1.54) is 48.5 Å². The molecular formula is C91H127N13O23P2S2. The van der Waals surface area contributed by atoms with Crippen LogP contribution >= 0.6 is 15.6 Å². The first-order valence-electron chi connectivity index (χ1n) is 43.8. The van der Waals surface area contributed by atoms with Gasteiger partial charge in [-0.3, -0.25) is 42.6 Å². The summed E-state index contributed by atoms with van der Waals surface area (Å²) in [5.74, 6) is -6.73. The second kappa shape index (κ2) is 52.7. The average molecular weight is 1900 g/mol. The van der Waals surface area contributed by atoms with Gasteiger partial charge >= 0.3 is 27.8 Å². The third-order valence-electron chi connectivity index (χ3n) is 21.3. The van der Waals surface area contributed by atoms with Gasteiger partial charge in [0.1, 0.15) is 24.4 Å². The number of anilines is 2. The van der Waals surface area contributed by atoms with Crippen molar-refractivity contribution in [1.29, 1.82) is 5.53 Å². The van der Waals surface area contributed by atoms with Crippen molar-refractivity contribution in [3.8, 4) is 0 Å². The van der Waals surface area contributed by atoms with Crippen LogP contribution in [-0.2, 0) is 93.5 Å². The van der Waals surface area contributed by atoms with Gasteiger partial charge in [0, 0.05) is 79.9 Å². The first-order chi connectivity index (χ1) is 62.1. The maximum absolute atomic E-state index is 14.4. The van der Waals surface area contributed by atoms with Crippen LogP contribution in [0.1, 0.15) is 198 Å². The second-order valence-electron chi connectivity index (χ2n) is 33.4. The van der Waals surface area contributed by atoms with E-state index in [2.05, 4.69) is 52.0 Å². The van der Waals surface area contributed by atoms with Gasteiger partial charge in [0.2, 0.25) is 29.5 Å². The number of unbranched alkanes of at least 4 members (excludes halogenated alkanes) is 6. The summed E-state index contributed by atoms with van der Waals surface area (Å²) < 4.78 is 110. The monoisotopic (exact) mass is 1900 g/mol. The largest absolute Gasteiger partial charge is 0.481 e. The Morgan fingerprint density at radius 3 is 1.74 bits per heavy atom. The number of ether oxygens (including phenoxy) is 3. The molecule has 2 unspecified atom stereocenters. The minimum Gasteiger partial charge on any atom is -0.445 e. The van der Waals surface area contributed by atoms with E-state index in [9.17, 15) is 78.9 Å². The summed E-state index contributed by atoms with van der Waals surface area (Å²) in [4.78, 5) is 142. The van der Waals surface area contributed by atoms with Gasteiger partial charge in [0.15, 0.2) is 25.5 Å². The summed E-state index contributed by atoms with van der Waals surface area (Å²) in [6.07, 6.45) is 4.92. The number of fused-ring (bicyclic) bond motifs is 2. The number of alkyl carbamates (subject to hydrolysis) is 1. The Bertz CT molecular complexity index is 5130. The molecule has 1 heterocycles. The zero-order valence-electron chi connectivity index (χ0n) is 75.6. The summed E-state index contributed by atoms with van der Waals surface area (Å²) in [5.41, 5.74) is 24.0. The molecule has 6 aromatic carbocycles. The molecule has 716 valence electrons. The molecule has 0 bridgehead atoms. The van der Waals surface area contributed by atoms with Crippen LogP contribution in [0.2, 0.25) is 0 Å². The highest BCUT2D eigenvalue weighted by molar-refractivity contribution is 7.92. The standard InChI is InChI=1S/C91H127N13O23P2S2/c1-63(2)81(87(111)101-76(26-22-52-98-88(93)112)86(110)100-71-39-33-66(34-40-71)60-122-89(113)99-51-19-11-21-56-126-129(116,117)127-128(114,115)125-55-20-10-17-49-92)102-79(106)28-12-9-18-50-96-82-74-24-14-13-23-69(74)59-104(77-27-16-15-25-75(77)83(82)103-94)80(107)45-53-95-78(105)46-57-123-91(7,8)48-58-124-90(5,6)47-54-97-85(109)68-37-35-67(36-38-68)84(108)70(61-130(118,119)72-41-29-64(3)30-42-72)62-131(120,121)73-43-31-65(4)32-44-73/h13-16,23-25,27,29-44,63,70,76,81,94,96H,9-12,17-22,26,28,45-62,92H2,1-8H3,(H,95,105)(H,97,109)(H,99,113)(H,100,110)(H,101,111)(H,102,106)(H,114,115)(H,116,117)(H3,93,98,112)/b83-82-,103-94?/t76-,81-/m1/s1. The van der Waals surface area contributed by atoms with E-state index in [4.69, 9.17) is 40.3 Å². The summed E-state index contributed by atoms with van der Waals surface area (Å²) in [5, 5.41) is 26.7. The number of hydrogen-bond acceptors (Lipinski definition) is 25. The van der Waals surface area contributed by atoms with Gasteiger partial charge < -0.3 is 82.9 Å². The van der Waals surface area contributed by atoms with Crippen LogP contribution in [0, 0.1) is 31.2 Å². The number of amides is 9. The fourth-order valence-corrected chi connectivity index (χ4v) is 19.2. The van der Waals surface area contributed by atoms with E-state index < -0.39 is 118 Å². The molecule has 0 aromatic heterocycles. The lowest BCUT2D eigenvalue weighted by atomic mass is 9.95. The Kier molecular flexibility index (Phi) is 43.3. The Morgan fingerprint density at radius 2 is 1.13 bits per heavy atom. The Labute approximate surface area is 766 Å². The number of carbonyl (C=O) groups excluding carboxylic acids is 9. The van der Waals surface area contributed by atoms with Crippen molar-refractivity contribution in [3.05, 3.63) is 190 Å². The lowest BCUT2D eigenvalue weighted by molar-refractivity contribution is -0.132. The number of primary amides is 1. The third kappa shape index (κ3) is 37.6. The quantitative estimate of drug-likeness (QED) is 0.00730. The van der Waals surface area contributed by atoms with Gasteiger partial charge in [-0.2, -0.15) is 9.42 Å². The zero-order valence-corrected chi connectivity index (χ0v) is 79.0. The molecule has 4 atom stereocenters. The predicted octanol–water partition coefficient (Wildman–Crippen LogP) is 12.1. The van der Waals surface area contributed by atoms with E-state index in [0.29, 0.717) is 105 Å². The second-order valence-corrected chi connectivity index (χ2v) is 40.6. The number of Topliss-reactive ketones (excluding diaryl/α,β-unsaturated/α-hetero) is 1. The summed E-state index contributed by atoms with van der Waals surface area (Å²) in [6, 6.07) is 35.9. The third-order valence-corrected chi connectivity index (χ3v) is 27.6. The number of hydrogen-bond donors (Lipinski definition) is 13. The maximum atomic E-state index is 14.4. The van der Waals surface area contributed by atoms with Gasteiger partial charge in [0.05, 0.1) is 82.8 Å². The predicted molar refractivity (Wildman–Crippen MR) is 495 cm³/mol. The summed E-state index contributed by atoms with van der Waals surface area (Å²) in [7, 11) is -18.0. The molecule has 7 rings (SSSR count). The molecule has 40 heteroatoms. The van der Waals surface area contributed by atoms with Crippen LogP contribution in [0.15, 0.2) is 160 Å². The highest BCUT2D eigenvalue weighted by atomic mass is 32.2. The highest BCUT2D eigenvalue weighted by Gasteiger charge is 2.38. The number of sulfone groups is 2. The average Bonchev–Trinajstić information content (AvgIpc) is 0.765. The van der Waals surface area contributed by atoms with Crippen molar-refractivity contribution in [2.75, 3.05) is 87.4 Å². The Balaban J connectivity index is 0.806. The number of nitrogens with two attached hydrogens (primary N) is 2. The first-order valence-corrected chi connectivity index (χ1v) is 50.1. The fourth-order valence-electron chi connectivity index (χ4n) is 13.8. The van der Waals surface area contributed by atoms with Crippen molar-refractivity contribution in [2.24, 2.45) is 28.4 Å². The van der Waals surface area contributed by atoms with Gasteiger partial charge in [-0.25, -0.2) is 41.1 Å². The molecule has 131 heavy (non-hydrogen) atoms. The topological polar surface area (TPSA) is 540 Å². The lowest BCUT2D eigenvalue weighted by Crippen LogP contribution is -2.54. The van der Waals surface area contributed by atoms with Crippen molar-refractivity contribution in [1.82, 2.24) is 37.2 Å². The van der Waals surface area contributed by atoms with Crippen molar-refractivity contribution < 1.29 is 106 Å². The fraction of sp³-hybridized carbons (Fsp3) is 0.484. The van der Waals surface area contributed by atoms with E-state index in [1.54, 1.807) is 105 Å². The Hall–Kier alpha value is -10.5. The number of carbonyl (C=O) groups is 9. The molecule has 0 aliphatic carbocycles. The van der Waals surface area contributed by atoms with Gasteiger partial charge in [-0.15, -0.1) is 0 Å². The molecule has 0 saturated heterocycles. The number of ketones is 1. The molecule has 9 amide bonds. The van der Waals surface area contributed by atoms with E-state index in [0.717, 1.165) is 22.3 Å². The number of nitrogens with one attached hydrogen (secondary N) is 9. The maximum Gasteiger partial charge on any atom is 0.481 e. The van der Waals surface area contributed by atoms with Crippen LogP contribution in [0.3, 0.4) is 0 Å². The van der Waals surface area contributed by atoms with Gasteiger partial charge in [-0.05, 0) is 197 Å². The van der Waals surface area contributed by atoms with Crippen LogP contribution in [0.5, 0.6) is 0 Å². The number of para-hydroxylation sites is 1. The molecular weight excluding hydrogens is 1770 g/mol. The molecule has 15 N–H and O–H groups in total. The van der Waals surface area contributed by atoms with Crippen LogP contribution < -0.4 is 58.9 Å². The van der Waals surface area contributed by atoms with Crippen LogP contribution in [0.25, 0.3) is 11.4 Å². The van der Waals surface area contributed by atoms with Crippen molar-refractivity contribution in [3.63, 3.8) is 0 Å². The minimum absolute atomic E-state index is 0.0115. The number of phosphoric ester groups is 2. The number of phosphoric acid groups is 2. The lowest BCUT2D eigenvalue weighted by Gasteiger charge is -2.30. The normalized spacial score (nSPS) is 14.3. The SMILES string of the molecule is Cc1ccc(S(=O)(=O)CC(CS(=O)(=O)c2ccc(C)cc2)C(=O)c2ccc(C(=O)NCCC(C)(C)OCCC(C)(C)OCCC(=O)NCCC(=O)N3Cc4ccccc4/C(NCCCCCC(=O)N[C@@H](C(=O)N[C@H](CCCNC(N)=O)C(=O)Nc4ccc(COC(=O)NCCCCCOP(=O)(O)OP(=O)(O)OCCCCCN)cc4)C(C)C)=C(/N=N)c4ccccc43)cc2)cc1. The zero-order chi connectivity index (χ0) is 96.0. The summed E-state index contributed by atoms with van der Waals surface area (Å²) >= 11 is 0. The van der Waals surface area contributed by atoms with Gasteiger partial charge in [-0.1, -0.05) is 122 Å². The first kappa shape index (κ1) is 108. The van der Waals surface area contributed by atoms with E-state index in [-0.39, 0.29) is 149 Å². The highest BCUT2D eigenvalue weighted by Crippen LogP contribution is 2.60. The number of nitrogens with zero attached hydrogens (tertiary/aromatic N) is 2. The van der Waals surface area contributed by atoms with Gasteiger partial charge in [0.25, 0.3) is 5.91 Å². The smallest absolute Gasteiger partial charge is 0.445 e. The molecule has 0 saturated carbocycles. The Morgan fingerprint density at radius 1 is 0.565 bits per heavy atom. The number of aryl methyl sites for hydroxylation is 2. The molecule has 1 aliphatic rings. The van der Waals surface area contributed by atoms with Crippen molar-refractivity contribution >= 4 is 111 Å². The van der Waals surface area contributed by atoms with Crippen molar-refractivity contribution in [2.45, 2.75) is 204 Å². The van der Waals surface area contributed by atoms with E-state index in [1.807, 2.05) is 52.0 Å². The van der Waals surface area contributed by atoms with Crippen LogP contribution in [-0.4, -0.2) is 180 Å². The molecule has 6 aromatic rings.